The molecule has 17 heavy (non-hydrogen) atoms. The Bertz CT molecular complexity index is 400. The molecule has 0 fully saturated rings. The van der Waals surface area contributed by atoms with E-state index >= 15 is 0 Å². The number of carbonyl (C=O) groups is 2. The van der Waals surface area contributed by atoms with Crippen LogP contribution in [0.3, 0.4) is 0 Å². The first-order chi connectivity index (χ1) is 8.10. The van der Waals surface area contributed by atoms with Gasteiger partial charge in [-0.15, -0.1) is 0 Å². The number of aromatic nitrogens is 2. The Morgan fingerprint density at radius 2 is 2.24 bits per heavy atom. The van der Waals surface area contributed by atoms with Gasteiger partial charge < -0.3 is 9.64 Å². The van der Waals surface area contributed by atoms with E-state index in [1.165, 1.54) is 11.8 Å². The van der Waals surface area contributed by atoms with Crippen LogP contribution in [0.2, 0.25) is 0 Å². The zero-order valence-corrected chi connectivity index (χ0v) is 10.3. The minimum absolute atomic E-state index is 0.128. The lowest BCUT2D eigenvalue weighted by molar-refractivity contribution is -0.140. The lowest BCUT2D eigenvalue weighted by Crippen LogP contribution is -2.34. The molecule has 1 aromatic heterocycles. The molecule has 1 amide bonds. The molecule has 1 rings (SSSR count). The van der Waals surface area contributed by atoms with Crippen LogP contribution < -0.4 is 0 Å². The summed E-state index contributed by atoms with van der Waals surface area (Å²) in [5.74, 6) is -0.447. The number of aryl methyl sites for hydroxylation is 1. The second-order valence-electron chi connectivity index (χ2n) is 3.55. The maximum absolute atomic E-state index is 12.1. The van der Waals surface area contributed by atoms with Crippen LogP contribution in [-0.4, -0.2) is 46.8 Å². The molecule has 0 saturated carbocycles. The van der Waals surface area contributed by atoms with Crippen molar-refractivity contribution in [3.8, 4) is 0 Å². The smallest absolute Gasteiger partial charge is 0.307 e. The van der Waals surface area contributed by atoms with Crippen LogP contribution in [0.1, 0.15) is 23.8 Å². The van der Waals surface area contributed by atoms with Crippen molar-refractivity contribution in [2.24, 2.45) is 7.05 Å². The topological polar surface area (TPSA) is 64.4 Å². The Morgan fingerprint density at radius 3 is 2.71 bits per heavy atom. The van der Waals surface area contributed by atoms with E-state index in [2.05, 4.69) is 9.84 Å². The Morgan fingerprint density at radius 1 is 1.53 bits per heavy atom. The van der Waals surface area contributed by atoms with E-state index in [-0.39, 0.29) is 18.3 Å². The quantitative estimate of drug-likeness (QED) is 0.700. The van der Waals surface area contributed by atoms with E-state index in [1.807, 2.05) is 6.92 Å². The minimum atomic E-state index is -0.318. The number of carbonyl (C=O) groups excluding carboxylic acids is 2. The van der Waals surface area contributed by atoms with Crippen LogP contribution in [0.15, 0.2) is 12.3 Å². The van der Waals surface area contributed by atoms with Gasteiger partial charge in [0, 0.05) is 26.3 Å². The van der Waals surface area contributed by atoms with Gasteiger partial charge in [0.05, 0.1) is 13.5 Å². The van der Waals surface area contributed by atoms with Gasteiger partial charge in [0.1, 0.15) is 5.69 Å². The number of methoxy groups -OCH3 is 1. The summed E-state index contributed by atoms with van der Waals surface area (Å²) in [7, 11) is 3.04. The van der Waals surface area contributed by atoms with Crippen molar-refractivity contribution in [2.75, 3.05) is 20.2 Å². The van der Waals surface area contributed by atoms with Gasteiger partial charge in [0.2, 0.25) is 0 Å². The second kappa shape index (κ2) is 6.03. The predicted octanol–water partition coefficient (Wildman–Crippen LogP) is 0.445. The van der Waals surface area contributed by atoms with E-state index in [0.29, 0.717) is 18.8 Å². The molecular weight excluding hydrogens is 222 g/mol. The molecule has 0 radical (unpaired) electrons. The predicted molar refractivity (Wildman–Crippen MR) is 61.4 cm³/mol. The molecule has 1 aromatic rings. The van der Waals surface area contributed by atoms with Gasteiger partial charge in [-0.05, 0) is 13.0 Å². The Kier molecular flexibility index (Phi) is 4.68. The normalized spacial score (nSPS) is 10.1. The van der Waals surface area contributed by atoms with Crippen LogP contribution in [-0.2, 0) is 16.6 Å². The van der Waals surface area contributed by atoms with E-state index in [9.17, 15) is 9.59 Å². The number of amides is 1. The number of esters is 1. The molecular formula is C11H17N3O3. The van der Waals surface area contributed by atoms with Crippen molar-refractivity contribution in [1.29, 1.82) is 0 Å². The fraction of sp³-hybridized carbons (Fsp3) is 0.545. The average Bonchev–Trinajstić information content (AvgIpc) is 2.75. The number of nitrogens with zero attached hydrogens (tertiary/aromatic N) is 3. The highest BCUT2D eigenvalue weighted by molar-refractivity contribution is 5.92. The molecule has 0 aliphatic carbocycles. The monoisotopic (exact) mass is 239 g/mol. The highest BCUT2D eigenvalue weighted by Crippen LogP contribution is 2.04. The first-order valence-corrected chi connectivity index (χ1v) is 5.44. The summed E-state index contributed by atoms with van der Waals surface area (Å²) in [5, 5.41) is 3.94. The fourth-order valence-corrected chi connectivity index (χ4v) is 1.48. The van der Waals surface area contributed by atoms with E-state index < -0.39 is 0 Å². The SMILES string of the molecule is CCN(CCC(=O)OC)C(=O)c1ccnn1C. The summed E-state index contributed by atoms with van der Waals surface area (Å²) >= 11 is 0. The molecule has 0 saturated heterocycles. The third-order valence-corrected chi connectivity index (χ3v) is 2.52. The first kappa shape index (κ1) is 13.2. The standard InChI is InChI=1S/C11H17N3O3/c1-4-14(8-6-10(15)17-3)11(16)9-5-7-12-13(9)2/h5,7H,4,6,8H2,1-3H3. The van der Waals surface area contributed by atoms with Crippen molar-refractivity contribution in [3.05, 3.63) is 18.0 Å². The Hall–Kier alpha value is -1.85. The highest BCUT2D eigenvalue weighted by Gasteiger charge is 2.17. The van der Waals surface area contributed by atoms with Gasteiger partial charge >= 0.3 is 5.97 Å². The second-order valence-corrected chi connectivity index (χ2v) is 3.55. The first-order valence-electron chi connectivity index (χ1n) is 5.44. The van der Waals surface area contributed by atoms with Crippen LogP contribution in [0.4, 0.5) is 0 Å². The molecule has 94 valence electrons. The Balaban J connectivity index is 2.65. The van der Waals surface area contributed by atoms with Crippen LogP contribution in [0.25, 0.3) is 0 Å². The number of rotatable bonds is 5. The summed E-state index contributed by atoms with van der Waals surface area (Å²) < 4.78 is 6.06. The van der Waals surface area contributed by atoms with Crippen LogP contribution >= 0.6 is 0 Å². The van der Waals surface area contributed by atoms with Gasteiger partial charge in [0.15, 0.2) is 0 Å². The lowest BCUT2D eigenvalue weighted by atomic mass is 10.3. The fourth-order valence-electron chi connectivity index (χ4n) is 1.48. The highest BCUT2D eigenvalue weighted by atomic mass is 16.5. The van der Waals surface area contributed by atoms with E-state index in [0.717, 1.165) is 0 Å². The number of ether oxygens (including phenoxy) is 1. The van der Waals surface area contributed by atoms with Gasteiger partial charge in [-0.1, -0.05) is 0 Å². The average molecular weight is 239 g/mol. The zero-order chi connectivity index (χ0) is 12.8. The maximum Gasteiger partial charge on any atom is 0.307 e. The maximum atomic E-state index is 12.1. The molecule has 0 bridgehead atoms. The van der Waals surface area contributed by atoms with Crippen molar-refractivity contribution in [2.45, 2.75) is 13.3 Å². The van der Waals surface area contributed by atoms with Crippen molar-refractivity contribution in [3.63, 3.8) is 0 Å². The van der Waals surface area contributed by atoms with Crippen LogP contribution in [0.5, 0.6) is 0 Å². The van der Waals surface area contributed by atoms with E-state index in [4.69, 9.17) is 0 Å². The Labute approximate surface area is 100 Å². The zero-order valence-electron chi connectivity index (χ0n) is 10.3. The summed E-state index contributed by atoms with van der Waals surface area (Å²) in [6, 6.07) is 1.66. The van der Waals surface area contributed by atoms with E-state index in [1.54, 1.807) is 24.2 Å². The van der Waals surface area contributed by atoms with Crippen molar-refractivity contribution < 1.29 is 14.3 Å². The molecule has 0 spiro atoms. The third-order valence-electron chi connectivity index (χ3n) is 2.52. The molecule has 0 atom stereocenters. The summed E-state index contributed by atoms with van der Waals surface area (Å²) in [5.41, 5.74) is 0.511. The molecule has 1 heterocycles. The largest absolute Gasteiger partial charge is 0.469 e. The molecule has 0 aliphatic heterocycles. The molecule has 0 unspecified atom stereocenters. The summed E-state index contributed by atoms with van der Waals surface area (Å²) in [6.07, 6.45) is 1.77. The van der Waals surface area contributed by atoms with Gasteiger partial charge in [0.25, 0.3) is 5.91 Å². The third kappa shape index (κ3) is 3.30. The van der Waals surface area contributed by atoms with Crippen LogP contribution in [0, 0.1) is 0 Å². The van der Waals surface area contributed by atoms with Crippen molar-refractivity contribution in [1.82, 2.24) is 14.7 Å². The molecule has 0 aromatic carbocycles. The van der Waals surface area contributed by atoms with Gasteiger partial charge in [-0.3, -0.25) is 14.3 Å². The summed E-state index contributed by atoms with van der Waals surface area (Å²) in [4.78, 5) is 24.7. The number of hydrogen-bond acceptors (Lipinski definition) is 4. The molecule has 6 nitrogen and oxygen atoms in total. The van der Waals surface area contributed by atoms with Gasteiger partial charge in [-0.2, -0.15) is 5.10 Å². The summed E-state index contributed by atoms with van der Waals surface area (Å²) in [6.45, 7) is 2.76. The number of hydrogen-bond donors (Lipinski definition) is 0. The minimum Gasteiger partial charge on any atom is -0.469 e. The molecule has 6 heteroatoms. The van der Waals surface area contributed by atoms with Gasteiger partial charge in [-0.25, -0.2) is 0 Å². The lowest BCUT2D eigenvalue weighted by Gasteiger charge is -2.20. The van der Waals surface area contributed by atoms with Crippen molar-refractivity contribution >= 4 is 11.9 Å². The molecule has 0 N–H and O–H groups in total. The molecule has 0 aliphatic rings.